The fourth-order valence-electron chi connectivity index (χ4n) is 2.91. The minimum absolute atomic E-state index is 0.180. The average molecular weight is 305 g/mol. The van der Waals surface area contributed by atoms with Crippen molar-refractivity contribution in [3.8, 4) is 0 Å². The number of aromatic nitrogens is 4. The van der Waals surface area contributed by atoms with Gasteiger partial charge in [0, 0.05) is 27.2 Å². The van der Waals surface area contributed by atoms with Crippen molar-refractivity contribution in [2.45, 2.75) is 25.8 Å². The number of carbonyl (C=O) groups is 1. The fraction of sp³-hybridized carbons (Fsp3) is 0.571. The van der Waals surface area contributed by atoms with Crippen molar-refractivity contribution in [2.24, 2.45) is 14.1 Å². The van der Waals surface area contributed by atoms with E-state index < -0.39 is 11.2 Å². The number of likely N-dealkylation sites (tertiary alicyclic amines) is 1. The van der Waals surface area contributed by atoms with Gasteiger partial charge >= 0.3 is 5.69 Å². The van der Waals surface area contributed by atoms with Gasteiger partial charge in [-0.15, -0.1) is 0 Å². The summed E-state index contributed by atoms with van der Waals surface area (Å²) in [5.74, 6) is -0.180. The minimum Gasteiger partial charge on any atom is -0.341 e. The molecule has 0 N–H and O–H groups in total. The number of nitrogens with zero attached hydrogens (tertiary/aromatic N) is 5. The molecule has 0 saturated carbocycles. The molecule has 1 saturated heterocycles. The SMILES string of the molecule is Cn1cnc2c1c(=O)n(CC(=O)N1CCCCC1)c(=O)n2C. The number of carbonyl (C=O) groups excluding carboxylic acids is 1. The van der Waals surface area contributed by atoms with E-state index in [4.69, 9.17) is 0 Å². The van der Waals surface area contributed by atoms with E-state index >= 15 is 0 Å². The normalized spacial score (nSPS) is 15.5. The smallest absolute Gasteiger partial charge is 0.332 e. The molecular formula is C14H19N5O3. The monoisotopic (exact) mass is 305 g/mol. The molecule has 1 fully saturated rings. The van der Waals surface area contributed by atoms with Crippen molar-refractivity contribution < 1.29 is 4.79 Å². The number of piperidine rings is 1. The maximum atomic E-state index is 12.5. The Labute approximate surface area is 126 Å². The van der Waals surface area contributed by atoms with E-state index in [-0.39, 0.29) is 12.5 Å². The summed E-state index contributed by atoms with van der Waals surface area (Å²) in [5.41, 5.74) is -0.322. The van der Waals surface area contributed by atoms with Crippen LogP contribution in [0, 0.1) is 0 Å². The van der Waals surface area contributed by atoms with Gasteiger partial charge in [0.1, 0.15) is 6.54 Å². The van der Waals surface area contributed by atoms with E-state index in [9.17, 15) is 14.4 Å². The third-order valence-electron chi connectivity index (χ3n) is 4.20. The molecule has 0 atom stereocenters. The minimum atomic E-state index is -0.512. The zero-order chi connectivity index (χ0) is 15.9. The Kier molecular flexibility index (Phi) is 3.59. The summed E-state index contributed by atoms with van der Waals surface area (Å²) in [6.07, 6.45) is 4.55. The summed E-state index contributed by atoms with van der Waals surface area (Å²) in [4.78, 5) is 43.0. The summed E-state index contributed by atoms with van der Waals surface area (Å²) >= 11 is 0. The van der Waals surface area contributed by atoms with E-state index in [0.717, 1.165) is 23.8 Å². The highest BCUT2D eigenvalue weighted by molar-refractivity contribution is 5.77. The second kappa shape index (κ2) is 5.43. The van der Waals surface area contributed by atoms with Gasteiger partial charge in [0.05, 0.1) is 6.33 Å². The standard InChI is InChI=1S/C14H19N5O3/c1-16-9-15-12-11(16)13(21)19(14(22)17(12)2)8-10(20)18-6-4-3-5-7-18/h9H,3-8H2,1-2H3. The Hall–Kier alpha value is -2.38. The topological polar surface area (TPSA) is 82.1 Å². The molecule has 1 amide bonds. The lowest BCUT2D eigenvalue weighted by Gasteiger charge is -2.26. The van der Waals surface area contributed by atoms with Crippen LogP contribution in [0.5, 0.6) is 0 Å². The molecule has 3 heterocycles. The van der Waals surface area contributed by atoms with Crippen LogP contribution in [0.25, 0.3) is 11.2 Å². The number of hydrogen-bond donors (Lipinski definition) is 0. The van der Waals surface area contributed by atoms with Gasteiger partial charge < -0.3 is 9.47 Å². The Morgan fingerprint density at radius 1 is 1.18 bits per heavy atom. The van der Waals surface area contributed by atoms with Crippen LogP contribution in [-0.4, -0.2) is 42.6 Å². The molecule has 1 aliphatic rings. The molecule has 0 aliphatic carbocycles. The van der Waals surface area contributed by atoms with E-state index in [1.165, 1.54) is 10.9 Å². The number of rotatable bonds is 2. The van der Waals surface area contributed by atoms with E-state index in [1.54, 1.807) is 23.6 Å². The number of fused-ring (bicyclic) bond motifs is 1. The van der Waals surface area contributed by atoms with Gasteiger partial charge in [-0.3, -0.25) is 14.2 Å². The number of hydrogen-bond acceptors (Lipinski definition) is 4. The first-order chi connectivity index (χ1) is 10.5. The Bertz CT molecular complexity index is 839. The lowest BCUT2D eigenvalue weighted by Crippen LogP contribution is -2.45. The Balaban J connectivity index is 2.03. The predicted molar refractivity (Wildman–Crippen MR) is 80.6 cm³/mol. The van der Waals surface area contributed by atoms with Crippen LogP contribution < -0.4 is 11.2 Å². The largest absolute Gasteiger partial charge is 0.341 e. The molecule has 3 rings (SSSR count). The molecule has 2 aromatic heterocycles. The van der Waals surface area contributed by atoms with E-state index in [0.29, 0.717) is 24.3 Å². The molecule has 8 heteroatoms. The number of imidazole rings is 1. The van der Waals surface area contributed by atoms with Crippen LogP contribution in [-0.2, 0) is 25.4 Å². The van der Waals surface area contributed by atoms with Crippen molar-refractivity contribution in [1.29, 1.82) is 0 Å². The van der Waals surface area contributed by atoms with Crippen LogP contribution in [0.3, 0.4) is 0 Å². The molecule has 1 aliphatic heterocycles. The van der Waals surface area contributed by atoms with Crippen molar-refractivity contribution in [3.63, 3.8) is 0 Å². The maximum Gasteiger partial charge on any atom is 0.332 e. The summed E-state index contributed by atoms with van der Waals surface area (Å²) in [6.45, 7) is 1.18. The summed E-state index contributed by atoms with van der Waals surface area (Å²) in [6, 6.07) is 0. The maximum absolute atomic E-state index is 12.5. The second-order valence-electron chi connectivity index (χ2n) is 5.70. The van der Waals surface area contributed by atoms with Crippen molar-refractivity contribution in [1.82, 2.24) is 23.6 Å². The van der Waals surface area contributed by atoms with Crippen molar-refractivity contribution in [2.75, 3.05) is 13.1 Å². The first-order valence-electron chi connectivity index (χ1n) is 7.39. The van der Waals surface area contributed by atoms with Crippen LogP contribution in [0.1, 0.15) is 19.3 Å². The third-order valence-corrected chi connectivity index (χ3v) is 4.20. The van der Waals surface area contributed by atoms with Crippen LogP contribution in [0.2, 0.25) is 0 Å². The molecule has 0 radical (unpaired) electrons. The molecule has 118 valence electrons. The Morgan fingerprint density at radius 3 is 2.55 bits per heavy atom. The van der Waals surface area contributed by atoms with Gasteiger partial charge in [-0.05, 0) is 19.3 Å². The first-order valence-corrected chi connectivity index (χ1v) is 7.39. The van der Waals surface area contributed by atoms with Gasteiger partial charge in [0.2, 0.25) is 5.91 Å². The summed E-state index contributed by atoms with van der Waals surface area (Å²) in [7, 11) is 3.25. The van der Waals surface area contributed by atoms with Gasteiger partial charge in [0.15, 0.2) is 11.2 Å². The van der Waals surface area contributed by atoms with E-state index in [1.807, 2.05) is 0 Å². The van der Waals surface area contributed by atoms with E-state index in [2.05, 4.69) is 4.98 Å². The lowest BCUT2D eigenvalue weighted by molar-refractivity contribution is -0.132. The Morgan fingerprint density at radius 2 is 1.86 bits per heavy atom. The third kappa shape index (κ3) is 2.24. The molecule has 0 unspecified atom stereocenters. The zero-order valence-corrected chi connectivity index (χ0v) is 12.8. The fourth-order valence-corrected chi connectivity index (χ4v) is 2.91. The van der Waals surface area contributed by atoms with Gasteiger partial charge in [-0.1, -0.05) is 0 Å². The van der Waals surface area contributed by atoms with Crippen LogP contribution >= 0.6 is 0 Å². The van der Waals surface area contributed by atoms with Crippen LogP contribution in [0.4, 0.5) is 0 Å². The van der Waals surface area contributed by atoms with Gasteiger partial charge in [0.25, 0.3) is 5.56 Å². The quantitative estimate of drug-likeness (QED) is 0.745. The number of aryl methyl sites for hydroxylation is 2. The molecule has 0 bridgehead atoms. The highest BCUT2D eigenvalue weighted by Crippen LogP contribution is 2.09. The summed E-state index contributed by atoms with van der Waals surface area (Å²) in [5, 5.41) is 0. The van der Waals surface area contributed by atoms with Crippen molar-refractivity contribution in [3.05, 3.63) is 27.2 Å². The molecule has 8 nitrogen and oxygen atoms in total. The highest BCUT2D eigenvalue weighted by atomic mass is 16.2. The van der Waals surface area contributed by atoms with Gasteiger partial charge in [-0.25, -0.2) is 14.3 Å². The average Bonchev–Trinajstić information content (AvgIpc) is 2.92. The molecular weight excluding hydrogens is 286 g/mol. The lowest BCUT2D eigenvalue weighted by atomic mass is 10.1. The predicted octanol–water partition coefficient (Wildman–Crippen LogP) is -0.554. The van der Waals surface area contributed by atoms with Gasteiger partial charge in [-0.2, -0.15) is 0 Å². The zero-order valence-electron chi connectivity index (χ0n) is 12.8. The number of amides is 1. The van der Waals surface area contributed by atoms with Crippen molar-refractivity contribution >= 4 is 17.1 Å². The molecule has 2 aromatic rings. The molecule has 0 aromatic carbocycles. The highest BCUT2D eigenvalue weighted by Gasteiger charge is 2.21. The van der Waals surface area contributed by atoms with Crippen LogP contribution in [0.15, 0.2) is 15.9 Å². The summed E-state index contributed by atoms with van der Waals surface area (Å²) < 4.78 is 3.88. The second-order valence-corrected chi connectivity index (χ2v) is 5.70. The molecule has 22 heavy (non-hydrogen) atoms. The molecule has 0 spiro atoms. The first kappa shape index (κ1) is 14.6.